The minimum atomic E-state index is -1.26. The van der Waals surface area contributed by atoms with Gasteiger partial charge in [0.2, 0.25) is 0 Å². The van der Waals surface area contributed by atoms with Crippen molar-refractivity contribution in [3.8, 4) is 11.5 Å². The highest BCUT2D eigenvalue weighted by Crippen LogP contribution is 2.38. The zero-order valence-corrected chi connectivity index (χ0v) is 13.5. The lowest BCUT2D eigenvalue weighted by Crippen LogP contribution is -2.25. The standard InChI is InChI=1S/C13H16BrNO3S/c1-13(2,3)19(16)15-8-9-6-10(14)12-11(7-9)17-4-5-18-12/h6-8H,4-5H2,1-3H3/b15-8+/t19-/m0/s1. The van der Waals surface area contributed by atoms with Gasteiger partial charge in [0.15, 0.2) is 11.5 Å². The van der Waals surface area contributed by atoms with Crippen molar-refractivity contribution in [2.24, 2.45) is 4.40 Å². The van der Waals surface area contributed by atoms with E-state index in [-0.39, 0.29) is 4.75 Å². The summed E-state index contributed by atoms with van der Waals surface area (Å²) in [6.45, 7) is 6.75. The monoisotopic (exact) mass is 345 g/mol. The topological polar surface area (TPSA) is 53.9 Å². The second kappa shape index (κ2) is 5.73. The number of benzene rings is 1. The minimum Gasteiger partial charge on any atom is -0.591 e. The van der Waals surface area contributed by atoms with Gasteiger partial charge in [-0.15, -0.1) is 0 Å². The summed E-state index contributed by atoms with van der Waals surface area (Å²) in [5, 5.41) is 0. The Hall–Kier alpha value is -0.720. The van der Waals surface area contributed by atoms with Crippen molar-refractivity contribution in [3.63, 3.8) is 0 Å². The van der Waals surface area contributed by atoms with Crippen molar-refractivity contribution < 1.29 is 14.0 Å². The van der Waals surface area contributed by atoms with Crippen LogP contribution in [0.5, 0.6) is 11.5 Å². The minimum absolute atomic E-state index is 0.360. The molecular weight excluding hydrogens is 330 g/mol. The van der Waals surface area contributed by atoms with E-state index in [2.05, 4.69) is 20.3 Å². The number of hydrogen-bond donors (Lipinski definition) is 0. The molecule has 0 amide bonds. The summed E-state index contributed by atoms with van der Waals surface area (Å²) >= 11 is 2.17. The Balaban J connectivity index is 2.22. The molecule has 2 rings (SSSR count). The zero-order chi connectivity index (χ0) is 14.0. The quantitative estimate of drug-likeness (QED) is 0.611. The lowest BCUT2D eigenvalue weighted by atomic mass is 10.2. The molecule has 0 N–H and O–H groups in total. The summed E-state index contributed by atoms with van der Waals surface area (Å²) in [4.78, 5) is 0. The van der Waals surface area contributed by atoms with Crippen molar-refractivity contribution in [3.05, 3.63) is 22.2 Å². The van der Waals surface area contributed by atoms with Gasteiger partial charge in [-0.2, -0.15) is 0 Å². The normalized spacial score (nSPS) is 16.7. The molecule has 0 aromatic heterocycles. The van der Waals surface area contributed by atoms with E-state index < -0.39 is 11.4 Å². The molecular formula is C13H16BrNO3S. The second-order valence-electron chi connectivity index (χ2n) is 5.12. The third-order valence-electron chi connectivity index (χ3n) is 2.44. The Bertz CT molecular complexity index is 499. The van der Waals surface area contributed by atoms with Crippen molar-refractivity contribution >= 4 is 33.5 Å². The highest BCUT2D eigenvalue weighted by Gasteiger charge is 2.26. The summed E-state index contributed by atoms with van der Waals surface area (Å²) in [6.07, 6.45) is 1.60. The molecule has 0 fully saturated rings. The molecule has 0 spiro atoms. The van der Waals surface area contributed by atoms with Gasteiger partial charge >= 0.3 is 0 Å². The fraction of sp³-hybridized carbons (Fsp3) is 0.462. The first-order chi connectivity index (χ1) is 8.88. The van der Waals surface area contributed by atoms with E-state index >= 15 is 0 Å². The molecule has 1 aliphatic heterocycles. The molecule has 6 heteroatoms. The van der Waals surface area contributed by atoms with Crippen LogP contribution in [0.1, 0.15) is 26.3 Å². The predicted octanol–water partition coefficient (Wildman–Crippen LogP) is 3.10. The summed E-state index contributed by atoms with van der Waals surface area (Å²) in [6, 6.07) is 3.71. The Morgan fingerprint density at radius 3 is 2.68 bits per heavy atom. The van der Waals surface area contributed by atoms with Gasteiger partial charge in [-0.25, -0.2) is 0 Å². The molecule has 0 bridgehead atoms. The van der Waals surface area contributed by atoms with Crippen LogP contribution >= 0.6 is 15.9 Å². The van der Waals surface area contributed by atoms with Gasteiger partial charge in [0, 0.05) is 5.56 Å². The van der Waals surface area contributed by atoms with Crippen molar-refractivity contribution in [2.75, 3.05) is 13.2 Å². The lowest BCUT2D eigenvalue weighted by molar-refractivity contribution is 0.170. The Kier molecular flexibility index (Phi) is 4.43. The maximum absolute atomic E-state index is 11.9. The van der Waals surface area contributed by atoms with Crippen LogP contribution in [-0.2, 0) is 11.4 Å². The smallest absolute Gasteiger partial charge is 0.175 e. The van der Waals surface area contributed by atoms with Crippen LogP contribution in [0.4, 0.5) is 0 Å². The molecule has 1 aliphatic rings. The average molecular weight is 346 g/mol. The second-order valence-corrected chi connectivity index (χ2v) is 7.91. The van der Waals surface area contributed by atoms with E-state index in [4.69, 9.17) is 9.47 Å². The lowest BCUT2D eigenvalue weighted by Gasteiger charge is -2.20. The summed E-state index contributed by atoms with van der Waals surface area (Å²) in [5.74, 6) is 1.39. The SMILES string of the molecule is CC(C)(C)[S@+]([O-])/N=C/c1cc(Br)c2c(c1)OCCO2. The third kappa shape index (κ3) is 3.64. The number of ether oxygens (including phenoxy) is 2. The average Bonchev–Trinajstić information content (AvgIpc) is 2.35. The van der Waals surface area contributed by atoms with E-state index in [0.717, 1.165) is 10.0 Å². The van der Waals surface area contributed by atoms with Crippen LogP contribution in [0.3, 0.4) is 0 Å². The Morgan fingerprint density at radius 1 is 1.32 bits per heavy atom. The van der Waals surface area contributed by atoms with Gasteiger partial charge in [-0.3, -0.25) is 0 Å². The van der Waals surface area contributed by atoms with Gasteiger partial charge in [-0.05, 0) is 48.8 Å². The van der Waals surface area contributed by atoms with Gasteiger partial charge < -0.3 is 14.0 Å². The fourth-order valence-electron chi connectivity index (χ4n) is 1.47. The first-order valence-corrected chi connectivity index (χ1v) is 7.83. The van der Waals surface area contributed by atoms with Crippen LogP contribution in [0, 0.1) is 0 Å². The molecule has 104 valence electrons. The number of halogens is 1. The van der Waals surface area contributed by atoms with Crippen LogP contribution in [0.15, 0.2) is 21.0 Å². The van der Waals surface area contributed by atoms with Crippen molar-refractivity contribution in [1.82, 2.24) is 0 Å². The largest absolute Gasteiger partial charge is 0.591 e. The molecule has 0 unspecified atom stereocenters. The maximum Gasteiger partial charge on any atom is 0.175 e. The Morgan fingerprint density at radius 2 is 2.00 bits per heavy atom. The van der Waals surface area contributed by atoms with Gasteiger partial charge in [0.05, 0.1) is 10.7 Å². The summed E-state index contributed by atoms with van der Waals surface area (Å²) in [5.41, 5.74) is 0.828. The fourth-order valence-corrected chi connectivity index (χ4v) is 2.58. The molecule has 1 aromatic carbocycles. The van der Waals surface area contributed by atoms with E-state index in [0.29, 0.717) is 24.7 Å². The van der Waals surface area contributed by atoms with Crippen LogP contribution < -0.4 is 9.47 Å². The molecule has 19 heavy (non-hydrogen) atoms. The number of fused-ring (bicyclic) bond motifs is 1. The first kappa shape index (κ1) is 14.7. The summed E-state index contributed by atoms with van der Waals surface area (Å²) < 4.78 is 27.4. The van der Waals surface area contributed by atoms with E-state index in [9.17, 15) is 4.55 Å². The Labute approximate surface area is 124 Å². The maximum atomic E-state index is 11.9. The highest BCUT2D eigenvalue weighted by molar-refractivity contribution is 9.10. The molecule has 0 saturated heterocycles. The summed E-state index contributed by atoms with van der Waals surface area (Å²) in [7, 11) is 0. The van der Waals surface area contributed by atoms with Crippen molar-refractivity contribution in [2.45, 2.75) is 25.5 Å². The van der Waals surface area contributed by atoms with Crippen LogP contribution in [0.25, 0.3) is 0 Å². The number of nitrogens with zero attached hydrogens (tertiary/aromatic N) is 1. The van der Waals surface area contributed by atoms with Crippen LogP contribution in [-0.4, -0.2) is 28.7 Å². The molecule has 0 aliphatic carbocycles. The third-order valence-corrected chi connectivity index (χ3v) is 4.37. The molecule has 0 radical (unpaired) electrons. The number of rotatable bonds is 2. The van der Waals surface area contributed by atoms with E-state index in [1.807, 2.05) is 32.9 Å². The van der Waals surface area contributed by atoms with Gasteiger partial charge in [-0.1, -0.05) is 4.40 Å². The van der Waals surface area contributed by atoms with Crippen molar-refractivity contribution in [1.29, 1.82) is 0 Å². The van der Waals surface area contributed by atoms with Crippen LogP contribution in [0.2, 0.25) is 0 Å². The zero-order valence-electron chi connectivity index (χ0n) is 11.1. The molecule has 1 aromatic rings. The van der Waals surface area contributed by atoms with Gasteiger partial charge in [0.1, 0.15) is 29.3 Å². The molecule has 0 saturated carbocycles. The predicted molar refractivity (Wildman–Crippen MR) is 80.6 cm³/mol. The molecule has 1 atom stereocenters. The first-order valence-electron chi connectivity index (χ1n) is 5.93. The highest BCUT2D eigenvalue weighted by atomic mass is 79.9. The number of hydrogen-bond acceptors (Lipinski definition) is 4. The van der Waals surface area contributed by atoms with E-state index in [1.165, 1.54) is 0 Å². The van der Waals surface area contributed by atoms with Gasteiger partial charge in [0.25, 0.3) is 0 Å². The van der Waals surface area contributed by atoms with E-state index in [1.54, 1.807) is 6.21 Å². The molecule has 1 heterocycles. The molecule has 4 nitrogen and oxygen atoms in total.